The summed E-state index contributed by atoms with van der Waals surface area (Å²) in [7, 11) is 1.34. The lowest BCUT2D eigenvalue weighted by atomic mass is 10.1. The number of amides is 1. The molecular formula is C26H29N5O4. The highest BCUT2D eigenvalue weighted by Crippen LogP contribution is 2.33. The Morgan fingerprint density at radius 1 is 1.23 bits per heavy atom. The molecule has 9 nitrogen and oxygen atoms in total. The van der Waals surface area contributed by atoms with E-state index in [9.17, 15) is 9.59 Å². The van der Waals surface area contributed by atoms with Crippen molar-refractivity contribution >= 4 is 45.2 Å². The highest BCUT2D eigenvalue weighted by Gasteiger charge is 2.26. The summed E-state index contributed by atoms with van der Waals surface area (Å²) in [6.45, 7) is 3.36. The van der Waals surface area contributed by atoms with Crippen molar-refractivity contribution in [2.24, 2.45) is 0 Å². The second-order valence-electron chi connectivity index (χ2n) is 8.78. The largest absolute Gasteiger partial charge is 0.464 e. The van der Waals surface area contributed by atoms with Crippen LogP contribution in [0.3, 0.4) is 0 Å². The normalized spacial score (nSPS) is 14.3. The van der Waals surface area contributed by atoms with Crippen LogP contribution in [-0.4, -0.2) is 52.8 Å². The molecule has 1 amide bonds. The van der Waals surface area contributed by atoms with Gasteiger partial charge in [-0.15, -0.1) is 0 Å². The number of anilines is 2. The minimum atomic E-state index is -0.524. The van der Waals surface area contributed by atoms with Gasteiger partial charge in [-0.3, -0.25) is 4.79 Å². The van der Waals surface area contributed by atoms with E-state index in [1.165, 1.54) is 14.0 Å². The van der Waals surface area contributed by atoms with Gasteiger partial charge in [-0.05, 0) is 37.0 Å². The van der Waals surface area contributed by atoms with Crippen molar-refractivity contribution in [1.82, 2.24) is 14.5 Å². The lowest BCUT2D eigenvalue weighted by molar-refractivity contribution is -0.114. The van der Waals surface area contributed by atoms with Crippen molar-refractivity contribution in [3.63, 3.8) is 0 Å². The summed E-state index contributed by atoms with van der Waals surface area (Å²) < 4.78 is 12.4. The van der Waals surface area contributed by atoms with Crippen molar-refractivity contribution in [2.45, 2.75) is 38.8 Å². The molecule has 182 valence electrons. The highest BCUT2D eigenvalue weighted by atomic mass is 16.5. The monoisotopic (exact) mass is 475 g/mol. The molecule has 1 aliphatic rings. The number of aromatic nitrogens is 3. The van der Waals surface area contributed by atoms with Crippen LogP contribution in [0.4, 0.5) is 11.4 Å². The number of para-hydroxylation sites is 1. The summed E-state index contributed by atoms with van der Waals surface area (Å²) in [6.07, 6.45) is 6.26. The number of H-pyrrole nitrogens is 1. The average molecular weight is 476 g/mol. The molecule has 0 aliphatic carbocycles. The summed E-state index contributed by atoms with van der Waals surface area (Å²) in [5.41, 5.74) is 4.36. The number of methoxy groups -OCH3 is 1. The summed E-state index contributed by atoms with van der Waals surface area (Å²) in [4.78, 5) is 33.0. The molecule has 4 aromatic rings. The lowest BCUT2D eigenvalue weighted by Gasteiger charge is -2.24. The van der Waals surface area contributed by atoms with Gasteiger partial charge in [-0.2, -0.15) is 0 Å². The molecule has 3 N–H and O–H groups in total. The molecule has 1 aliphatic heterocycles. The van der Waals surface area contributed by atoms with E-state index in [4.69, 9.17) is 14.5 Å². The summed E-state index contributed by atoms with van der Waals surface area (Å²) in [5.74, 6) is -0.793. The van der Waals surface area contributed by atoms with Crippen molar-refractivity contribution in [3.05, 3.63) is 54.0 Å². The predicted octanol–water partition coefficient (Wildman–Crippen LogP) is 4.10. The van der Waals surface area contributed by atoms with Crippen molar-refractivity contribution in [3.8, 4) is 0 Å². The number of rotatable bonds is 7. The quantitative estimate of drug-likeness (QED) is 0.347. The lowest BCUT2D eigenvalue weighted by Crippen LogP contribution is -2.27. The Morgan fingerprint density at radius 3 is 2.80 bits per heavy atom. The first-order chi connectivity index (χ1) is 17.0. The molecule has 1 fully saturated rings. The zero-order valence-electron chi connectivity index (χ0n) is 19.9. The minimum Gasteiger partial charge on any atom is -0.464 e. The Bertz CT molecular complexity index is 1380. The molecule has 35 heavy (non-hydrogen) atoms. The van der Waals surface area contributed by atoms with Crippen LogP contribution in [-0.2, 0) is 27.2 Å². The second-order valence-corrected chi connectivity index (χ2v) is 8.78. The Kier molecular flexibility index (Phi) is 6.41. The first-order valence-corrected chi connectivity index (χ1v) is 11.8. The van der Waals surface area contributed by atoms with Crippen LogP contribution in [0.1, 0.15) is 35.8 Å². The number of ether oxygens (including phenoxy) is 2. The van der Waals surface area contributed by atoms with E-state index in [2.05, 4.69) is 21.7 Å². The van der Waals surface area contributed by atoms with Gasteiger partial charge in [-0.1, -0.05) is 18.2 Å². The number of hydrogen-bond donors (Lipinski definition) is 3. The fraction of sp³-hybridized carbons (Fsp3) is 0.346. The third kappa shape index (κ3) is 4.59. The van der Waals surface area contributed by atoms with Gasteiger partial charge in [0.05, 0.1) is 24.7 Å². The first kappa shape index (κ1) is 22.9. The predicted molar refractivity (Wildman–Crippen MR) is 135 cm³/mol. The molecular weight excluding hydrogens is 446 g/mol. The van der Waals surface area contributed by atoms with Crippen molar-refractivity contribution in [2.75, 3.05) is 31.0 Å². The zero-order chi connectivity index (χ0) is 24.4. The van der Waals surface area contributed by atoms with Crippen LogP contribution in [0.15, 0.2) is 42.7 Å². The third-order valence-corrected chi connectivity index (χ3v) is 6.45. The number of carbonyl (C=O) groups is 2. The van der Waals surface area contributed by atoms with Gasteiger partial charge in [0.2, 0.25) is 5.91 Å². The van der Waals surface area contributed by atoms with Crippen LogP contribution in [0.25, 0.3) is 21.9 Å². The maximum atomic E-state index is 12.9. The molecule has 1 saturated heterocycles. The summed E-state index contributed by atoms with van der Waals surface area (Å²) in [6, 6.07) is 10.3. The molecule has 0 unspecified atom stereocenters. The fourth-order valence-corrected chi connectivity index (χ4v) is 4.78. The number of esters is 1. The number of carbonyl (C=O) groups excluding carboxylic acids is 2. The molecule has 9 heteroatoms. The van der Waals surface area contributed by atoms with Gasteiger partial charge in [0, 0.05) is 55.2 Å². The number of nitrogens with one attached hydrogen (secondary N) is 3. The van der Waals surface area contributed by atoms with E-state index < -0.39 is 5.97 Å². The summed E-state index contributed by atoms with van der Waals surface area (Å²) >= 11 is 0. The van der Waals surface area contributed by atoms with Gasteiger partial charge in [-0.25, -0.2) is 9.78 Å². The first-order valence-electron chi connectivity index (χ1n) is 11.8. The number of aromatic amines is 1. The molecule has 5 rings (SSSR count). The van der Waals surface area contributed by atoms with Crippen molar-refractivity contribution in [1.29, 1.82) is 0 Å². The number of nitrogens with zero attached hydrogens (tertiary/aromatic N) is 2. The number of benzene rings is 1. The number of pyridine rings is 1. The van der Waals surface area contributed by atoms with E-state index in [0.29, 0.717) is 29.7 Å². The van der Waals surface area contributed by atoms with Crippen LogP contribution in [0, 0.1) is 0 Å². The standard InChI is InChI=1S/C26H29N5O4/c1-16(32)29-23-21-13-19(30-18-8-11-35-12-9-18)15-28-25(21)31(24(23)26(33)34-2)10-7-17-14-27-22-6-4-3-5-20(17)22/h3-6,13-15,18,27,30H,7-12H2,1-2H3,(H,29,32). The molecule has 0 atom stereocenters. The van der Waals surface area contributed by atoms with Crippen molar-refractivity contribution < 1.29 is 19.1 Å². The average Bonchev–Trinajstić information content (AvgIpc) is 3.41. The van der Waals surface area contributed by atoms with E-state index in [-0.39, 0.29) is 17.6 Å². The van der Waals surface area contributed by atoms with Gasteiger partial charge in [0.15, 0.2) is 5.69 Å². The molecule has 4 heterocycles. The van der Waals surface area contributed by atoms with Gasteiger partial charge < -0.3 is 29.7 Å². The highest BCUT2D eigenvalue weighted by molar-refractivity contribution is 6.11. The van der Waals surface area contributed by atoms with Gasteiger partial charge >= 0.3 is 5.97 Å². The number of fused-ring (bicyclic) bond motifs is 2. The Morgan fingerprint density at radius 2 is 2.03 bits per heavy atom. The second kappa shape index (κ2) is 9.79. The Hall–Kier alpha value is -3.85. The Balaban J connectivity index is 1.56. The molecule has 0 saturated carbocycles. The topological polar surface area (TPSA) is 110 Å². The van der Waals surface area contributed by atoms with E-state index in [1.54, 1.807) is 6.20 Å². The molecule has 0 bridgehead atoms. The molecule has 1 aromatic carbocycles. The van der Waals surface area contributed by atoms with Crippen LogP contribution in [0.2, 0.25) is 0 Å². The SMILES string of the molecule is COC(=O)c1c(NC(C)=O)c2cc(NC3CCOCC3)cnc2n1CCc1c[nH]c2ccccc12. The van der Waals surface area contributed by atoms with Crippen LogP contribution < -0.4 is 10.6 Å². The van der Waals surface area contributed by atoms with Gasteiger partial charge in [0.25, 0.3) is 0 Å². The molecule has 3 aromatic heterocycles. The minimum absolute atomic E-state index is 0.270. The third-order valence-electron chi connectivity index (χ3n) is 6.45. The summed E-state index contributed by atoms with van der Waals surface area (Å²) in [5, 5.41) is 8.20. The molecule has 0 radical (unpaired) electrons. The van der Waals surface area contributed by atoms with E-state index in [1.807, 2.05) is 35.0 Å². The van der Waals surface area contributed by atoms with E-state index >= 15 is 0 Å². The number of aryl methyl sites for hydroxylation is 2. The Labute approximate surface area is 202 Å². The zero-order valence-corrected chi connectivity index (χ0v) is 19.9. The maximum absolute atomic E-state index is 12.9. The number of hydrogen-bond acceptors (Lipinski definition) is 6. The van der Waals surface area contributed by atoms with Gasteiger partial charge in [0.1, 0.15) is 5.65 Å². The van der Waals surface area contributed by atoms with Crippen LogP contribution in [0.5, 0.6) is 0 Å². The van der Waals surface area contributed by atoms with Crippen LogP contribution >= 0.6 is 0 Å². The smallest absolute Gasteiger partial charge is 0.356 e. The maximum Gasteiger partial charge on any atom is 0.356 e. The molecule has 0 spiro atoms. The van der Waals surface area contributed by atoms with E-state index in [0.717, 1.165) is 48.2 Å². The fourth-order valence-electron chi connectivity index (χ4n) is 4.78.